The fourth-order valence-corrected chi connectivity index (χ4v) is 3.77. The van der Waals surface area contributed by atoms with E-state index in [1.807, 2.05) is 0 Å². The normalized spacial score (nSPS) is 21.0. The number of alkyl halides is 2. The van der Waals surface area contributed by atoms with Crippen LogP contribution < -0.4 is 9.80 Å². The van der Waals surface area contributed by atoms with E-state index in [0.717, 1.165) is 9.80 Å². The molecule has 3 amide bonds. The molecule has 33 heavy (non-hydrogen) atoms. The molecule has 1 fully saturated rings. The van der Waals surface area contributed by atoms with Crippen LogP contribution in [0.4, 0.5) is 29.9 Å². The number of halogens is 3. The minimum absolute atomic E-state index is 0.00426. The molecule has 0 saturated carbocycles. The first-order chi connectivity index (χ1) is 15.1. The number of aromatic nitrogens is 2. The molecule has 2 aliphatic rings. The number of carbonyl (C=O) groups is 3. The smallest absolute Gasteiger partial charge is 0.423 e. The fourth-order valence-electron chi connectivity index (χ4n) is 3.63. The van der Waals surface area contributed by atoms with Crippen LogP contribution in [0.5, 0.6) is 0 Å². The molecular formula is C20H26ClF2N5O5. The van der Waals surface area contributed by atoms with E-state index in [2.05, 4.69) is 10.2 Å². The van der Waals surface area contributed by atoms with Gasteiger partial charge in [-0.15, -0.1) is 10.2 Å². The summed E-state index contributed by atoms with van der Waals surface area (Å²) in [5.41, 5.74) is -4.49. The fraction of sp³-hybridized carbons (Fsp3) is 0.650. The van der Waals surface area contributed by atoms with E-state index in [0.29, 0.717) is 4.90 Å². The number of amides is 3. The molecular weight excluding hydrogens is 464 g/mol. The Morgan fingerprint density at radius 1 is 1.06 bits per heavy atom. The molecule has 3 rings (SSSR count). The molecule has 0 aliphatic carbocycles. The Balaban J connectivity index is 2.12. The molecule has 0 aromatic carbocycles. The van der Waals surface area contributed by atoms with Gasteiger partial charge in [-0.25, -0.2) is 18.4 Å². The minimum Gasteiger partial charge on any atom is -0.444 e. The summed E-state index contributed by atoms with van der Waals surface area (Å²) in [6, 6.07) is 1.24. The van der Waals surface area contributed by atoms with Crippen LogP contribution in [0.15, 0.2) is 6.07 Å². The van der Waals surface area contributed by atoms with Crippen molar-refractivity contribution in [3.8, 4) is 0 Å². The van der Waals surface area contributed by atoms with E-state index in [1.54, 1.807) is 41.5 Å². The topological polar surface area (TPSA) is 105 Å². The maximum atomic E-state index is 14.8. The molecule has 1 saturated heterocycles. The Morgan fingerprint density at radius 2 is 1.64 bits per heavy atom. The molecule has 13 heteroatoms. The lowest BCUT2D eigenvalue weighted by Crippen LogP contribution is -2.76. The van der Waals surface area contributed by atoms with Crippen LogP contribution in [-0.4, -0.2) is 76.0 Å². The quantitative estimate of drug-likeness (QED) is 0.590. The third kappa shape index (κ3) is 4.66. The van der Waals surface area contributed by atoms with Gasteiger partial charge in [-0.05, 0) is 41.5 Å². The summed E-state index contributed by atoms with van der Waals surface area (Å²) in [5, 5.41) is 7.36. The van der Waals surface area contributed by atoms with Gasteiger partial charge in [0.1, 0.15) is 11.2 Å². The Bertz CT molecular complexity index is 981. The van der Waals surface area contributed by atoms with Crippen LogP contribution in [0.1, 0.15) is 41.5 Å². The van der Waals surface area contributed by atoms with E-state index in [9.17, 15) is 23.2 Å². The number of anilines is 2. The number of hydrogen-bond donors (Lipinski definition) is 0. The van der Waals surface area contributed by atoms with Gasteiger partial charge in [-0.3, -0.25) is 4.79 Å². The highest BCUT2D eigenvalue weighted by atomic mass is 35.5. The van der Waals surface area contributed by atoms with Crippen molar-refractivity contribution in [1.29, 1.82) is 0 Å². The van der Waals surface area contributed by atoms with Gasteiger partial charge in [0.15, 0.2) is 16.5 Å². The molecule has 1 atom stereocenters. The van der Waals surface area contributed by atoms with Crippen LogP contribution in [0.25, 0.3) is 0 Å². The molecule has 0 unspecified atom stereocenters. The standard InChI is InChI=1S/C20H26ClF2N5O5/c1-18(2,3)32-16(30)26-7-8-27-11-9-12(21)24-25-13(11)28(17(31)33-19(4,5)6)15(29)20(27,10-26)14(22)23/h9,14H,7-8,10H2,1-6H3/t20-/m1/s1. The lowest BCUT2D eigenvalue weighted by atomic mass is 9.89. The first kappa shape index (κ1) is 24.9. The molecule has 1 aromatic heterocycles. The molecule has 0 bridgehead atoms. The number of imide groups is 1. The first-order valence-corrected chi connectivity index (χ1v) is 10.6. The van der Waals surface area contributed by atoms with Crippen molar-refractivity contribution in [2.45, 2.75) is 64.7 Å². The maximum absolute atomic E-state index is 14.8. The zero-order chi connectivity index (χ0) is 24.9. The monoisotopic (exact) mass is 489 g/mol. The number of nitrogens with zero attached hydrogens (tertiary/aromatic N) is 5. The van der Waals surface area contributed by atoms with Gasteiger partial charge in [0.05, 0.1) is 12.2 Å². The lowest BCUT2D eigenvalue weighted by molar-refractivity contribution is -0.132. The number of hydrogen-bond acceptors (Lipinski definition) is 8. The van der Waals surface area contributed by atoms with Gasteiger partial charge < -0.3 is 19.3 Å². The molecule has 2 aliphatic heterocycles. The Labute approximate surface area is 194 Å². The van der Waals surface area contributed by atoms with Crippen molar-refractivity contribution >= 4 is 41.2 Å². The van der Waals surface area contributed by atoms with Crippen molar-refractivity contribution in [2.24, 2.45) is 0 Å². The summed E-state index contributed by atoms with van der Waals surface area (Å²) < 4.78 is 40.1. The second-order valence-corrected chi connectivity index (χ2v) is 10.2. The second kappa shape index (κ2) is 8.23. The first-order valence-electron chi connectivity index (χ1n) is 10.2. The highest BCUT2D eigenvalue weighted by Crippen LogP contribution is 2.45. The number of ether oxygens (including phenoxy) is 2. The van der Waals surface area contributed by atoms with Crippen LogP contribution in [0.3, 0.4) is 0 Å². The second-order valence-electron chi connectivity index (χ2n) is 9.78. The lowest BCUT2D eigenvalue weighted by Gasteiger charge is -2.53. The van der Waals surface area contributed by atoms with Gasteiger partial charge in [0.2, 0.25) is 0 Å². The average molecular weight is 490 g/mol. The SMILES string of the molecule is CC(C)(C)OC(=O)N1CCN2c3cc(Cl)nnc3N(C(=O)OC(C)(C)C)C(=O)[C@]2(C(F)F)C1. The van der Waals surface area contributed by atoms with Gasteiger partial charge >= 0.3 is 12.2 Å². The zero-order valence-corrected chi connectivity index (χ0v) is 19.9. The zero-order valence-electron chi connectivity index (χ0n) is 19.2. The number of carbonyl (C=O) groups excluding carboxylic acids is 3. The van der Waals surface area contributed by atoms with Crippen molar-refractivity contribution in [1.82, 2.24) is 15.1 Å². The number of rotatable bonds is 1. The van der Waals surface area contributed by atoms with Crippen molar-refractivity contribution in [2.75, 3.05) is 29.4 Å². The van der Waals surface area contributed by atoms with E-state index in [1.165, 1.54) is 6.07 Å². The Hall–Kier alpha value is -2.76. The van der Waals surface area contributed by atoms with Crippen molar-refractivity contribution < 1.29 is 32.6 Å². The molecule has 3 heterocycles. The minimum atomic E-state index is -3.29. The molecule has 0 N–H and O–H groups in total. The molecule has 182 valence electrons. The van der Waals surface area contributed by atoms with Crippen LogP contribution in [-0.2, 0) is 14.3 Å². The summed E-state index contributed by atoms with van der Waals surface area (Å²) in [6.07, 6.45) is -5.34. The summed E-state index contributed by atoms with van der Waals surface area (Å²) in [6.45, 7) is 8.70. The number of piperazine rings is 1. The van der Waals surface area contributed by atoms with Gasteiger partial charge in [-0.2, -0.15) is 4.90 Å². The maximum Gasteiger partial charge on any atom is 0.423 e. The molecule has 0 spiro atoms. The van der Waals surface area contributed by atoms with E-state index in [-0.39, 0.29) is 29.7 Å². The molecule has 10 nitrogen and oxygen atoms in total. The van der Waals surface area contributed by atoms with E-state index < -0.39 is 47.8 Å². The van der Waals surface area contributed by atoms with Crippen molar-refractivity contribution in [3.63, 3.8) is 0 Å². The van der Waals surface area contributed by atoms with Crippen LogP contribution in [0, 0.1) is 0 Å². The van der Waals surface area contributed by atoms with E-state index in [4.69, 9.17) is 21.1 Å². The highest BCUT2D eigenvalue weighted by molar-refractivity contribution is 6.30. The Kier molecular flexibility index (Phi) is 6.20. The number of fused-ring (bicyclic) bond motifs is 3. The van der Waals surface area contributed by atoms with Crippen LogP contribution >= 0.6 is 11.6 Å². The summed E-state index contributed by atoms with van der Waals surface area (Å²) in [5.74, 6) is -1.57. The van der Waals surface area contributed by atoms with Gasteiger partial charge in [0, 0.05) is 19.2 Å². The van der Waals surface area contributed by atoms with Crippen LogP contribution in [0.2, 0.25) is 5.15 Å². The predicted octanol–water partition coefficient (Wildman–Crippen LogP) is 3.47. The van der Waals surface area contributed by atoms with Crippen molar-refractivity contribution in [3.05, 3.63) is 11.2 Å². The third-order valence-corrected chi connectivity index (χ3v) is 5.08. The Morgan fingerprint density at radius 3 is 2.18 bits per heavy atom. The third-order valence-electron chi connectivity index (χ3n) is 4.90. The largest absolute Gasteiger partial charge is 0.444 e. The molecule has 0 radical (unpaired) electrons. The van der Waals surface area contributed by atoms with Gasteiger partial charge in [0.25, 0.3) is 12.3 Å². The van der Waals surface area contributed by atoms with Gasteiger partial charge in [-0.1, -0.05) is 11.6 Å². The predicted molar refractivity (Wildman–Crippen MR) is 115 cm³/mol. The average Bonchev–Trinajstić information content (AvgIpc) is 2.65. The van der Waals surface area contributed by atoms with E-state index >= 15 is 0 Å². The molecule has 1 aromatic rings. The summed E-state index contributed by atoms with van der Waals surface area (Å²) in [4.78, 5) is 41.7. The summed E-state index contributed by atoms with van der Waals surface area (Å²) in [7, 11) is 0. The highest BCUT2D eigenvalue weighted by Gasteiger charge is 2.63. The summed E-state index contributed by atoms with van der Waals surface area (Å²) >= 11 is 5.96.